The number of aryl methyl sites for hydroxylation is 2. The fourth-order valence-electron chi connectivity index (χ4n) is 1.43. The third-order valence-electron chi connectivity index (χ3n) is 2.27. The first kappa shape index (κ1) is 14.8. The van der Waals surface area contributed by atoms with Gasteiger partial charge in [-0.1, -0.05) is 17.7 Å². The quantitative estimate of drug-likeness (QED) is 0.809. The lowest BCUT2D eigenvalue weighted by Gasteiger charge is -2.10. The monoisotopic (exact) mass is 266 g/mol. The first-order valence-electron chi connectivity index (χ1n) is 5.94. The van der Waals surface area contributed by atoms with Gasteiger partial charge < -0.3 is 9.47 Å². The SMILES string of the molecule is CCOC(=O)NNC(=O)COc1ccc(C)cc1C. The summed E-state index contributed by atoms with van der Waals surface area (Å²) < 4.78 is 9.92. The highest BCUT2D eigenvalue weighted by molar-refractivity contribution is 5.80. The van der Waals surface area contributed by atoms with Crippen molar-refractivity contribution in [1.82, 2.24) is 10.9 Å². The molecule has 0 aromatic heterocycles. The average Bonchev–Trinajstić information content (AvgIpc) is 2.35. The van der Waals surface area contributed by atoms with E-state index >= 15 is 0 Å². The number of hydrogen-bond acceptors (Lipinski definition) is 4. The van der Waals surface area contributed by atoms with E-state index < -0.39 is 12.0 Å². The van der Waals surface area contributed by atoms with E-state index in [9.17, 15) is 9.59 Å². The van der Waals surface area contributed by atoms with Crippen molar-refractivity contribution in [2.24, 2.45) is 0 Å². The molecule has 2 amide bonds. The van der Waals surface area contributed by atoms with Crippen LogP contribution in [0, 0.1) is 13.8 Å². The van der Waals surface area contributed by atoms with E-state index in [1.54, 1.807) is 13.0 Å². The minimum absolute atomic E-state index is 0.184. The molecule has 0 bridgehead atoms. The van der Waals surface area contributed by atoms with Gasteiger partial charge in [-0.25, -0.2) is 10.2 Å². The van der Waals surface area contributed by atoms with Crippen molar-refractivity contribution in [3.8, 4) is 5.75 Å². The number of hydrazine groups is 1. The van der Waals surface area contributed by atoms with Gasteiger partial charge in [0.15, 0.2) is 6.61 Å². The van der Waals surface area contributed by atoms with Gasteiger partial charge in [0.2, 0.25) is 0 Å². The first-order valence-corrected chi connectivity index (χ1v) is 5.94. The van der Waals surface area contributed by atoms with Crippen molar-refractivity contribution in [2.75, 3.05) is 13.2 Å². The van der Waals surface area contributed by atoms with Gasteiger partial charge >= 0.3 is 6.09 Å². The number of carbonyl (C=O) groups excluding carboxylic acids is 2. The van der Waals surface area contributed by atoms with Crippen molar-refractivity contribution >= 4 is 12.0 Å². The molecule has 104 valence electrons. The molecule has 0 aliphatic carbocycles. The standard InChI is InChI=1S/C13H18N2O4/c1-4-18-13(17)15-14-12(16)8-19-11-6-5-9(2)7-10(11)3/h5-7H,4,8H2,1-3H3,(H,14,16)(H,15,17). The summed E-state index contributed by atoms with van der Waals surface area (Å²) in [5.41, 5.74) is 6.36. The van der Waals surface area contributed by atoms with Gasteiger partial charge in [0, 0.05) is 0 Å². The Morgan fingerprint density at radius 2 is 1.95 bits per heavy atom. The van der Waals surface area contributed by atoms with E-state index in [0.717, 1.165) is 11.1 Å². The molecule has 2 N–H and O–H groups in total. The number of hydrogen-bond donors (Lipinski definition) is 2. The van der Waals surface area contributed by atoms with Gasteiger partial charge in [-0.05, 0) is 32.4 Å². The molecular weight excluding hydrogens is 248 g/mol. The molecule has 1 rings (SSSR count). The van der Waals surface area contributed by atoms with Gasteiger partial charge in [-0.2, -0.15) is 0 Å². The predicted molar refractivity (Wildman–Crippen MR) is 69.7 cm³/mol. The van der Waals surface area contributed by atoms with E-state index in [-0.39, 0.29) is 13.2 Å². The molecule has 6 nitrogen and oxygen atoms in total. The van der Waals surface area contributed by atoms with Crippen molar-refractivity contribution in [3.63, 3.8) is 0 Å². The van der Waals surface area contributed by atoms with Crippen LogP contribution in [0.2, 0.25) is 0 Å². The molecule has 0 heterocycles. The Kier molecular flexibility index (Phi) is 5.66. The third-order valence-corrected chi connectivity index (χ3v) is 2.27. The molecule has 0 unspecified atom stereocenters. The second kappa shape index (κ2) is 7.25. The van der Waals surface area contributed by atoms with Crippen molar-refractivity contribution < 1.29 is 19.1 Å². The van der Waals surface area contributed by atoms with Crippen LogP contribution >= 0.6 is 0 Å². The minimum atomic E-state index is -0.706. The van der Waals surface area contributed by atoms with Gasteiger partial charge in [0.05, 0.1) is 6.61 Å². The Morgan fingerprint density at radius 3 is 2.58 bits per heavy atom. The Morgan fingerprint density at radius 1 is 1.21 bits per heavy atom. The summed E-state index contributed by atoms with van der Waals surface area (Å²) in [5, 5.41) is 0. The molecular formula is C13H18N2O4. The summed E-state index contributed by atoms with van der Waals surface area (Å²) in [7, 11) is 0. The maximum Gasteiger partial charge on any atom is 0.426 e. The molecule has 1 aromatic carbocycles. The number of carbonyl (C=O) groups is 2. The number of nitrogens with one attached hydrogen (secondary N) is 2. The van der Waals surface area contributed by atoms with Crippen molar-refractivity contribution in [1.29, 1.82) is 0 Å². The lowest BCUT2D eigenvalue weighted by molar-refractivity contribution is -0.124. The molecule has 6 heteroatoms. The van der Waals surface area contributed by atoms with Crippen molar-refractivity contribution in [2.45, 2.75) is 20.8 Å². The van der Waals surface area contributed by atoms with E-state index in [1.165, 1.54) is 0 Å². The molecule has 0 saturated heterocycles. The molecule has 0 spiro atoms. The summed E-state index contributed by atoms with van der Waals surface area (Å²) in [6, 6.07) is 5.66. The van der Waals surface area contributed by atoms with Crippen LogP contribution in [0.5, 0.6) is 5.75 Å². The zero-order chi connectivity index (χ0) is 14.3. The lowest BCUT2D eigenvalue weighted by atomic mass is 10.1. The van der Waals surface area contributed by atoms with Crippen LogP contribution < -0.4 is 15.6 Å². The maximum atomic E-state index is 11.4. The highest BCUT2D eigenvalue weighted by Crippen LogP contribution is 2.18. The number of ether oxygens (including phenoxy) is 2. The second-order valence-electron chi connectivity index (χ2n) is 3.95. The Hall–Kier alpha value is -2.24. The van der Waals surface area contributed by atoms with Crippen LogP contribution in [0.15, 0.2) is 18.2 Å². The summed E-state index contributed by atoms with van der Waals surface area (Å²) in [4.78, 5) is 22.3. The maximum absolute atomic E-state index is 11.4. The van der Waals surface area contributed by atoms with Crippen LogP contribution in [-0.4, -0.2) is 25.2 Å². The number of amides is 2. The molecule has 0 fully saturated rings. The fourth-order valence-corrected chi connectivity index (χ4v) is 1.43. The predicted octanol–water partition coefficient (Wildman–Crippen LogP) is 1.46. The van der Waals surface area contributed by atoms with E-state index in [0.29, 0.717) is 5.75 Å². The smallest absolute Gasteiger partial charge is 0.426 e. The Labute approximate surface area is 112 Å². The van der Waals surface area contributed by atoms with Gasteiger partial charge in [-0.15, -0.1) is 0 Å². The molecule has 19 heavy (non-hydrogen) atoms. The molecule has 0 radical (unpaired) electrons. The Bertz CT molecular complexity index is 460. The molecule has 0 aliphatic rings. The summed E-state index contributed by atoms with van der Waals surface area (Å²) in [6.45, 7) is 5.60. The highest BCUT2D eigenvalue weighted by atomic mass is 16.6. The first-order chi connectivity index (χ1) is 9.02. The minimum Gasteiger partial charge on any atom is -0.483 e. The van der Waals surface area contributed by atoms with Crippen molar-refractivity contribution in [3.05, 3.63) is 29.3 Å². The molecule has 1 aromatic rings. The lowest BCUT2D eigenvalue weighted by Crippen LogP contribution is -2.44. The van der Waals surface area contributed by atoms with Gasteiger partial charge in [-0.3, -0.25) is 10.2 Å². The Balaban J connectivity index is 2.36. The largest absolute Gasteiger partial charge is 0.483 e. The zero-order valence-corrected chi connectivity index (χ0v) is 11.3. The zero-order valence-electron chi connectivity index (χ0n) is 11.3. The average molecular weight is 266 g/mol. The van der Waals surface area contributed by atoms with E-state index in [1.807, 2.05) is 26.0 Å². The second-order valence-corrected chi connectivity index (χ2v) is 3.95. The van der Waals surface area contributed by atoms with Gasteiger partial charge in [0.25, 0.3) is 5.91 Å². The fraction of sp³-hybridized carbons (Fsp3) is 0.385. The van der Waals surface area contributed by atoms with E-state index in [4.69, 9.17) is 4.74 Å². The van der Waals surface area contributed by atoms with Crippen LogP contribution in [-0.2, 0) is 9.53 Å². The molecule has 0 saturated carbocycles. The molecule has 0 atom stereocenters. The molecule has 0 aliphatic heterocycles. The van der Waals surface area contributed by atoms with Crippen LogP contribution in [0.3, 0.4) is 0 Å². The van der Waals surface area contributed by atoms with Crippen LogP contribution in [0.25, 0.3) is 0 Å². The topological polar surface area (TPSA) is 76.7 Å². The van der Waals surface area contributed by atoms with Crippen LogP contribution in [0.1, 0.15) is 18.1 Å². The number of rotatable bonds is 4. The third kappa shape index (κ3) is 5.29. The summed E-state index contributed by atoms with van der Waals surface area (Å²) in [6.07, 6.45) is -0.706. The highest BCUT2D eigenvalue weighted by Gasteiger charge is 2.06. The van der Waals surface area contributed by atoms with Gasteiger partial charge in [0.1, 0.15) is 5.75 Å². The number of benzene rings is 1. The van der Waals surface area contributed by atoms with E-state index in [2.05, 4.69) is 15.6 Å². The van der Waals surface area contributed by atoms with Crippen LogP contribution in [0.4, 0.5) is 4.79 Å². The summed E-state index contributed by atoms with van der Waals surface area (Å²) in [5.74, 6) is 0.171. The normalized spacial score (nSPS) is 9.63. The summed E-state index contributed by atoms with van der Waals surface area (Å²) >= 11 is 0.